The molecule has 0 aliphatic rings. The van der Waals surface area contributed by atoms with Crippen LogP contribution >= 0.6 is 15.9 Å². The van der Waals surface area contributed by atoms with E-state index in [0.717, 1.165) is 0 Å². The summed E-state index contributed by atoms with van der Waals surface area (Å²) in [6.45, 7) is 1.65. The zero-order valence-corrected chi connectivity index (χ0v) is 11.0. The second-order valence-corrected chi connectivity index (χ2v) is 4.43. The lowest BCUT2D eigenvalue weighted by Gasteiger charge is -2.07. The Morgan fingerprint density at radius 3 is 2.72 bits per heavy atom. The lowest BCUT2D eigenvalue weighted by atomic mass is 10.2. The number of ether oxygens (including phenoxy) is 1. The summed E-state index contributed by atoms with van der Waals surface area (Å²) in [7, 11) is 0. The van der Waals surface area contributed by atoms with Crippen LogP contribution in [0, 0.1) is 17.0 Å². The van der Waals surface area contributed by atoms with Gasteiger partial charge in [0, 0.05) is 11.8 Å². The number of hydrogen-bond donors (Lipinski definition) is 0. The first-order valence-corrected chi connectivity index (χ1v) is 5.91. The molecule has 0 saturated carbocycles. The van der Waals surface area contributed by atoms with Gasteiger partial charge in [0.15, 0.2) is 0 Å². The molecule has 5 nitrogen and oxygen atoms in total. The van der Waals surface area contributed by atoms with E-state index >= 15 is 0 Å². The van der Waals surface area contributed by atoms with Crippen molar-refractivity contribution >= 4 is 21.6 Å². The lowest BCUT2D eigenvalue weighted by molar-refractivity contribution is -0.386. The van der Waals surface area contributed by atoms with E-state index in [2.05, 4.69) is 20.9 Å². The Kier molecular flexibility index (Phi) is 3.57. The molecule has 0 spiro atoms. The van der Waals surface area contributed by atoms with Crippen LogP contribution in [0.2, 0.25) is 0 Å². The predicted molar refractivity (Wildman–Crippen MR) is 69.8 cm³/mol. The number of aromatic nitrogens is 1. The van der Waals surface area contributed by atoms with Crippen LogP contribution in [-0.2, 0) is 0 Å². The third-order valence-electron chi connectivity index (χ3n) is 2.32. The van der Waals surface area contributed by atoms with Crippen LogP contribution in [0.3, 0.4) is 0 Å². The number of para-hydroxylation sites is 1. The largest absolute Gasteiger partial charge is 0.432 e. The monoisotopic (exact) mass is 308 g/mol. The Bertz CT molecular complexity index is 602. The molecule has 92 valence electrons. The maximum atomic E-state index is 11.0. The van der Waals surface area contributed by atoms with Crippen LogP contribution in [0.1, 0.15) is 5.56 Å². The summed E-state index contributed by atoms with van der Waals surface area (Å²) in [5.74, 6) is 0.477. The van der Waals surface area contributed by atoms with Gasteiger partial charge in [0.05, 0.1) is 9.40 Å². The first kappa shape index (κ1) is 12.5. The molecule has 6 heteroatoms. The van der Waals surface area contributed by atoms with Crippen molar-refractivity contribution in [3.05, 3.63) is 56.7 Å². The van der Waals surface area contributed by atoms with Gasteiger partial charge in [0.1, 0.15) is 5.75 Å². The van der Waals surface area contributed by atoms with Gasteiger partial charge < -0.3 is 4.74 Å². The van der Waals surface area contributed by atoms with Crippen LogP contribution in [-0.4, -0.2) is 9.91 Å². The van der Waals surface area contributed by atoms with Gasteiger partial charge in [-0.15, -0.1) is 0 Å². The molecule has 0 aliphatic heterocycles. The van der Waals surface area contributed by atoms with E-state index in [4.69, 9.17) is 4.74 Å². The summed E-state index contributed by atoms with van der Waals surface area (Å²) < 4.78 is 6.19. The predicted octanol–water partition coefficient (Wildman–Crippen LogP) is 3.85. The smallest absolute Gasteiger partial charge is 0.334 e. The average molecular weight is 309 g/mol. The van der Waals surface area contributed by atoms with E-state index < -0.39 is 4.92 Å². The standard InChI is InChI=1S/C12H9BrN2O3/c1-8-6-7-14-12(11(8)15(16)17)18-10-5-3-2-4-9(10)13/h2-7H,1H3. The van der Waals surface area contributed by atoms with Crippen LogP contribution in [0.4, 0.5) is 5.69 Å². The Labute approximate surface area is 112 Å². The number of benzene rings is 1. The maximum absolute atomic E-state index is 11.0. The number of pyridine rings is 1. The molecule has 1 aromatic carbocycles. The number of rotatable bonds is 3. The van der Waals surface area contributed by atoms with Crippen molar-refractivity contribution in [3.63, 3.8) is 0 Å². The molecule has 18 heavy (non-hydrogen) atoms. The molecule has 0 unspecified atom stereocenters. The number of nitro groups is 1. The highest BCUT2D eigenvalue weighted by molar-refractivity contribution is 9.10. The zero-order valence-electron chi connectivity index (χ0n) is 9.46. The van der Waals surface area contributed by atoms with E-state index in [0.29, 0.717) is 15.8 Å². The third-order valence-corrected chi connectivity index (χ3v) is 2.97. The minimum atomic E-state index is -0.492. The van der Waals surface area contributed by atoms with E-state index in [1.54, 1.807) is 31.2 Å². The summed E-state index contributed by atoms with van der Waals surface area (Å²) >= 11 is 3.31. The van der Waals surface area contributed by atoms with Crippen LogP contribution in [0.15, 0.2) is 41.0 Å². The second-order valence-electron chi connectivity index (χ2n) is 3.57. The Balaban J connectivity index is 2.44. The summed E-state index contributed by atoms with van der Waals surface area (Å²) in [6.07, 6.45) is 1.48. The summed E-state index contributed by atoms with van der Waals surface area (Å²) in [6, 6.07) is 8.68. The molecule has 0 bridgehead atoms. The molecule has 0 N–H and O–H groups in total. The van der Waals surface area contributed by atoms with Crippen molar-refractivity contribution < 1.29 is 9.66 Å². The maximum Gasteiger partial charge on any atom is 0.334 e. The van der Waals surface area contributed by atoms with Crippen molar-refractivity contribution in [1.29, 1.82) is 0 Å². The van der Waals surface area contributed by atoms with Crippen molar-refractivity contribution in [2.45, 2.75) is 6.92 Å². The highest BCUT2D eigenvalue weighted by Crippen LogP contribution is 2.34. The van der Waals surface area contributed by atoms with Crippen molar-refractivity contribution in [3.8, 4) is 11.6 Å². The van der Waals surface area contributed by atoms with E-state index in [1.807, 2.05) is 6.07 Å². The highest BCUT2D eigenvalue weighted by Gasteiger charge is 2.21. The van der Waals surface area contributed by atoms with Crippen molar-refractivity contribution in [1.82, 2.24) is 4.98 Å². The number of halogens is 1. The van der Waals surface area contributed by atoms with Gasteiger partial charge in [0.25, 0.3) is 5.88 Å². The molecule has 0 fully saturated rings. The third kappa shape index (κ3) is 2.48. The molecule has 0 amide bonds. The van der Waals surface area contributed by atoms with Crippen LogP contribution < -0.4 is 4.74 Å². The Morgan fingerprint density at radius 1 is 1.33 bits per heavy atom. The van der Waals surface area contributed by atoms with E-state index in [-0.39, 0.29) is 11.6 Å². The molecule has 1 heterocycles. The SMILES string of the molecule is Cc1ccnc(Oc2ccccc2Br)c1[N+](=O)[O-]. The van der Waals surface area contributed by atoms with Gasteiger partial charge in [-0.25, -0.2) is 4.98 Å². The van der Waals surface area contributed by atoms with Crippen LogP contribution in [0.25, 0.3) is 0 Å². The van der Waals surface area contributed by atoms with Crippen molar-refractivity contribution in [2.24, 2.45) is 0 Å². The molecule has 0 radical (unpaired) electrons. The first-order chi connectivity index (χ1) is 8.59. The van der Waals surface area contributed by atoms with Gasteiger partial charge in [-0.1, -0.05) is 12.1 Å². The van der Waals surface area contributed by atoms with Gasteiger partial charge >= 0.3 is 5.69 Å². The van der Waals surface area contributed by atoms with Gasteiger partial charge in [-0.05, 0) is 41.1 Å². The molecular weight excluding hydrogens is 300 g/mol. The molecule has 0 atom stereocenters. The molecule has 2 rings (SSSR count). The number of aryl methyl sites for hydroxylation is 1. The van der Waals surface area contributed by atoms with Gasteiger partial charge in [0.2, 0.25) is 0 Å². The highest BCUT2D eigenvalue weighted by atomic mass is 79.9. The number of hydrogen-bond acceptors (Lipinski definition) is 4. The van der Waals surface area contributed by atoms with Gasteiger partial charge in [-0.2, -0.15) is 0 Å². The fourth-order valence-corrected chi connectivity index (χ4v) is 1.82. The van der Waals surface area contributed by atoms with Crippen LogP contribution in [0.5, 0.6) is 11.6 Å². The summed E-state index contributed by atoms with van der Waals surface area (Å²) in [5, 5.41) is 11.0. The topological polar surface area (TPSA) is 65.3 Å². The molecular formula is C12H9BrN2O3. The quantitative estimate of drug-likeness (QED) is 0.638. The average Bonchev–Trinajstić information content (AvgIpc) is 2.31. The Morgan fingerprint density at radius 2 is 2.06 bits per heavy atom. The summed E-state index contributed by atoms with van der Waals surface area (Å²) in [5.41, 5.74) is 0.394. The molecule has 0 saturated heterocycles. The molecule has 2 aromatic rings. The normalized spacial score (nSPS) is 10.1. The van der Waals surface area contributed by atoms with E-state index in [9.17, 15) is 10.1 Å². The summed E-state index contributed by atoms with van der Waals surface area (Å²) in [4.78, 5) is 14.4. The first-order valence-electron chi connectivity index (χ1n) is 5.12. The fourth-order valence-electron chi connectivity index (χ4n) is 1.45. The van der Waals surface area contributed by atoms with Gasteiger partial charge in [-0.3, -0.25) is 10.1 Å². The fraction of sp³-hybridized carbons (Fsp3) is 0.0833. The second kappa shape index (κ2) is 5.14. The Hall–Kier alpha value is -1.95. The minimum Gasteiger partial charge on any atom is -0.432 e. The number of nitrogens with zero attached hydrogens (tertiary/aromatic N) is 2. The lowest BCUT2D eigenvalue weighted by Crippen LogP contribution is -1.98. The zero-order chi connectivity index (χ0) is 13.1. The van der Waals surface area contributed by atoms with E-state index in [1.165, 1.54) is 6.20 Å². The minimum absolute atomic E-state index is 0.00750. The molecule has 0 aliphatic carbocycles. The van der Waals surface area contributed by atoms with Crippen molar-refractivity contribution in [2.75, 3.05) is 0 Å². The molecule has 1 aromatic heterocycles.